The summed E-state index contributed by atoms with van der Waals surface area (Å²) in [4.78, 5) is 4.51. The molecule has 0 spiro atoms. The van der Waals surface area contributed by atoms with E-state index in [0.29, 0.717) is 0 Å². The lowest BCUT2D eigenvalue weighted by Crippen LogP contribution is -2.09. The number of hydrogen-bond acceptors (Lipinski definition) is 3. The van der Waals surface area contributed by atoms with E-state index >= 15 is 0 Å². The summed E-state index contributed by atoms with van der Waals surface area (Å²) < 4.78 is 6.24. The van der Waals surface area contributed by atoms with Crippen molar-refractivity contribution in [3.05, 3.63) is 194 Å². The van der Waals surface area contributed by atoms with Crippen molar-refractivity contribution < 1.29 is 4.74 Å². The highest BCUT2D eigenvalue weighted by Gasteiger charge is 2.13. The highest BCUT2D eigenvalue weighted by Crippen LogP contribution is 2.37. The number of benzene rings is 7. The van der Waals surface area contributed by atoms with Crippen LogP contribution in [0.5, 0.6) is 11.5 Å². The molecule has 0 atom stereocenters. The minimum absolute atomic E-state index is 0.791. The zero-order chi connectivity index (χ0) is 30.3. The molecule has 0 fully saturated rings. The van der Waals surface area contributed by atoms with Crippen LogP contribution in [0.1, 0.15) is 0 Å². The van der Waals surface area contributed by atoms with Crippen LogP contribution in [0.3, 0.4) is 0 Å². The van der Waals surface area contributed by atoms with E-state index in [1.54, 1.807) is 0 Å². The van der Waals surface area contributed by atoms with Crippen LogP contribution in [0.25, 0.3) is 11.1 Å². The zero-order valence-corrected chi connectivity index (χ0v) is 24.8. The van der Waals surface area contributed by atoms with Crippen molar-refractivity contribution in [1.82, 2.24) is 0 Å². The van der Waals surface area contributed by atoms with E-state index in [1.165, 1.54) is 0 Å². The van der Waals surface area contributed by atoms with Gasteiger partial charge in [-0.25, -0.2) is 0 Å². The van der Waals surface area contributed by atoms with Gasteiger partial charge >= 0.3 is 0 Å². The SMILES string of the molecule is c1ccc(N(c2ccccc2)c2ccc(Oc3ccc(-c4ccc(N(c5ccccc5)c5ccccc5)cc4)cc3)cc2)cc1. The van der Waals surface area contributed by atoms with E-state index in [0.717, 1.165) is 56.8 Å². The molecule has 7 rings (SSSR count). The summed E-state index contributed by atoms with van der Waals surface area (Å²) >= 11 is 0. The normalized spacial score (nSPS) is 10.7. The topological polar surface area (TPSA) is 15.7 Å². The third kappa shape index (κ3) is 6.34. The van der Waals surface area contributed by atoms with E-state index < -0.39 is 0 Å². The summed E-state index contributed by atoms with van der Waals surface area (Å²) in [6.07, 6.45) is 0. The molecule has 0 aliphatic rings. The van der Waals surface area contributed by atoms with Crippen LogP contribution in [0.2, 0.25) is 0 Å². The van der Waals surface area contributed by atoms with Crippen LogP contribution in [0, 0.1) is 0 Å². The Balaban J connectivity index is 1.07. The Morgan fingerprint density at radius 3 is 0.822 bits per heavy atom. The van der Waals surface area contributed by atoms with Crippen LogP contribution in [0.4, 0.5) is 34.1 Å². The summed E-state index contributed by atoms with van der Waals surface area (Å²) in [6, 6.07) is 66.9. The minimum atomic E-state index is 0.791. The Labute approximate surface area is 264 Å². The molecule has 7 aromatic rings. The van der Waals surface area contributed by atoms with Gasteiger partial charge in [0, 0.05) is 34.1 Å². The molecular weight excluding hydrogens is 548 g/mol. The van der Waals surface area contributed by atoms with Crippen LogP contribution in [-0.2, 0) is 0 Å². The second-order valence-electron chi connectivity index (χ2n) is 10.7. The number of hydrogen-bond donors (Lipinski definition) is 0. The Morgan fingerprint density at radius 1 is 0.244 bits per heavy atom. The smallest absolute Gasteiger partial charge is 0.127 e. The second-order valence-corrected chi connectivity index (χ2v) is 10.7. The predicted molar refractivity (Wildman–Crippen MR) is 188 cm³/mol. The number of ether oxygens (including phenoxy) is 1. The third-order valence-corrected chi connectivity index (χ3v) is 7.70. The van der Waals surface area contributed by atoms with Gasteiger partial charge in [0.1, 0.15) is 11.5 Å². The van der Waals surface area contributed by atoms with E-state index in [2.05, 4.69) is 155 Å². The Morgan fingerprint density at radius 2 is 0.489 bits per heavy atom. The van der Waals surface area contributed by atoms with Gasteiger partial charge in [0.2, 0.25) is 0 Å². The predicted octanol–water partition coefficient (Wildman–Crippen LogP) is 12.1. The monoisotopic (exact) mass is 580 g/mol. The maximum atomic E-state index is 6.24. The average Bonchev–Trinajstić information content (AvgIpc) is 3.12. The van der Waals surface area contributed by atoms with Crippen LogP contribution < -0.4 is 14.5 Å². The molecule has 0 aliphatic carbocycles. The molecule has 0 radical (unpaired) electrons. The lowest BCUT2D eigenvalue weighted by molar-refractivity contribution is 0.483. The summed E-state index contributed by atoms with van der Waals surface area (Å²) in [5.41, 5.74) is 8.92. The van der Waals surface area contributed by atoms with Crippen molar-refractivity contribution in [3.8, 4) is 22.6 Å². The molecule has 0 N–H and O–H groups in total. The van der Waals surface area contributed by atoms with Crippen molar-refractivity contribution in [3.63, 3.8) is 0 Å². The fourth-order valence-electron chi connectivity index (χ4n) is 5.52. The number of nitrogens with zero attached hydrogens (tertiary/aromatic N) is 2. The molecule has 0 aliphatic heterocycles. The molecule has 3 heteroatoms. The third-order valence-electron chi connectivity index (χ3n) is 7.70. The summed E-state index contributed by atoms with van der Waals surface area (Å²) in [5.74, 6) is 1.59. The Kier molecular flexibility index (Phi) is 8.06. The van der Waals surface area contributed by atoms with Gasteiger partial charge in [0.25, 0.3) is 0 Å². The summed E-state index contributed by atoms with van der Waals surface area (Å²) in [6.45, 7) is 0. The van der Waals surface area contributed by atoms with Gasteiger partial charge in [-0.05, 0) is 108 Å². The van der Waals surface area contributed by atoms with Gasteiger partial charge in [0.15, 0.2) is 0 Å². The number of rotatable bonds is 9. The van der Waals surface area contributed by atoms with E-state index in [4.69, 9.17) is 4.74 Å². The van der Waals surface area contributed by atoms with Crippen molar-refractivity contribution in [2.24, 2.45) is 0 Å². The largest absolute Gasteiger partial charge is 0.457 e. The molecule has 0 bridgehead atoms. The molecule has 3 nitrogen and oxygen atoms in total. The molecular formula is C42H32N2O. The highest BCUT2D eigenvalue weighted by atomic mass is 16.5. The number of anilines is 6. The van der Waals surface area contributed by atoms with Gasteiger partial charge in [-0.3, -0.25) is 0 Å². The summed E-state index contributed by atoms with van der Waals surface area (Å²) in [7, 11) is 0. The maximum absolute atomic E-state index is 6.24. The van der Waals surface area contributed by atoms with Crippen molar-refractivity contribution in [2.75, 3.05) is 9.80 Å². The first-order valence-corrected chi connectivity index (χ1v) is 15.1. The average molecular weight is 581 g/mol. The van der Waals surface area contributed by atoms with Crippen LogP contribution in [-0.4, -0.2) is 0 Å². The second kappa shape index (κ2) is 13.1. The fraction of sp³-hybridized carbons (Fsp3) is 0. The standard InChI is InChI=1S/C42H32N2O/c1-5-13-35(14-6-1)43(36-15-7-2-8-16-36)39-25-21-33(22-26-39)34-23-29-41(30-24-34)45-42-31-27-40(28-32-42)44(37-17-9-3-10-18-37)38-19-11-4-12-20-38/h1-32H. The lowest BCUT2D eigenvalue weighted by Gasteiger charge is -2.25. The van der Waals surface area contributed by atoms with Gasteiger partial charge in [-0.1, -0.05) is 97.1 Å². The first kappa shape index (κ1) is 27.8. The molecule has 0 unspecified atom stereocenters. The quantitative estimate of drug-likeness (QED) is 0.169. The highest BCUT2D eigenvalue weighted by molar-refractivity contribution is 5.79. The van der Waals surface area contributed by atoms with Gasteiger partial charge in [-0.15, -0.1) is 0 Å². The van der Waals surface area contributed by atoms with E-state index in [-0.39, 0.29) is 0 Å². The maximum Gasteiger partial charge on any atom is 0.127 e. The lowest BCUT2D eigenvalue weighted by atomic mass is 10.0. The molecule has 216 valence electrons. The van der Waals surface area contributed by atoms with Gasteiger partial charge < -0.3 is 14.5 Å². The summed E-state index contributed by atoms with van der Waals surface area (Å²) in [5, 5.41) is 0. The van der Waals surface area contributed by atoms with Crippen molar-refractivity contribution >= 4 is 34.1 Å². The van der Waals surface area contributed by atoms with Gasteiger partial charge in [0.05, 0.1) is 0 Å². The van der Waals surface area contributed by atoms with Crippen LogP contribution in [0.15, 0.2) is 194 Å². The first-order valence-electron chi connectivity index (χ1n) is 15.1. The Hall–Kier alpha value is -6.06. The van der Waals surface area contributed by atoms with E-state index in [1.807, 2.05) is 48.5 Å². The van der Waals surface area contributed by atoms with Crippen LogP contribution >= 0.6 is 0 Å². The van der Waals surface area contributed by atoms with E-state index in [9.17, 15) is 0 Å². The molecule has 0 saturated heterocycles. The molecule has 0 amide bonds. The zero-order valence-electron chi connectivity index (χ0n) is 24.8. The van der Waals surface area contributed by atoms with Gasteiger partial charge in [-0.2, -0.15) is 0 Å². The molecule has 0 heterocycles. The molecule has 7 aromatic carbocycles. The van der Waals surface area contributed by atoms with Crippen molar-refractivity contribution in [1.29, 1.82) is 0 Å². The molecule has 0 aromatic heterocycles. The van der Waals surface area contributed by atoms with Crippen molar-refractivity contribution in [2.45, 2.75) is 0 Å². The minimum Gasteiger partial charge on any atom is -0.457 e. The fourth-order valence-corrected chi connectivity index (χ4v) is 5.52. The molecule has 0 saturated carbocycles. The molecule has 45 heavy (non-hydrogen) atoms. The Bertz CT molecular complexity index is 1850. The first-order chi connectivity index (χ1) is 22.3. The number of para-hydroxylation sites is 4.